The molecule has 1 aromatic rings. The van der Waals surface area contributed by atoms with E-state index >= 15 is 0 Å². The molecule has 4 nitrogen and oxygen atoms in total. The zero-order valence-electron chi connectivity index (χ0n) is 10.7. The molecule has 0 bridgehead atoms. The van der Waals surface area contributed by atoms with Gasteiger partial charge in [0, 0.05) is 5.54 Å². The smallest absolute Gasteiger partial charge is 0.305 e. The molecule has 1 aromatic carbocycles. The average molecular weight is 271 g/mol. The van der Waals surface area contributed by atoms with Crippen molar-refractivity contribution in [3.63, 3.8) is 0 Å². The number of carboxylic acid groups (broad SMARTS) is 1. The van der Waals surface area contributed by atoms with Crippen LogP contribution in [0.15, 0.2) is 18.2 Å². The minimum atomic E-state index is -1.03. The van der Waals surface area contributed by atoms with Gasteiger partial charge in [-0.15, -0.1) is 0 Å². The van der Waals surface area contributed by atoms with Gasteiger partial charge in [-0.25, -0.2) is 8.78 Å². The predicted molar refractivity (Wildman–Crippen MR) is 64.5 cm³/mol. The van der Waals surface area contributed by atoms with Crippen LogP contribution in [0.3, 0.4) is 0 Å². The summed E-state index contributed by atoms with van der Waals surface area (Å²) in [6, 6.07) is 3.20. The van der Waals surface area contributed by atoms with E-state index in [-0.39, 0.29) is 12.8 Å². The second kappa shape index (κ2) is 5.77. The Kier molecular flexibility index (Phi) is 4.58. The summed E-state index contributed by atoms with van der Waals surface area (Å²) in [6.07, 6.45) is -0.364. The molecule has 1 amide bonds. The van der Waals surface area contributed by atoms with Crippen molar-refractivity contribution in [2.24, 2.45) is 0 Å². The number of amides is 1. The zero-order valence-corrected chi connectivity index (χ0v) is 10.7. The van der Waals surface area contributed by atoms with Gasteiger partial charge >= 0.3 is 5.97 Å². The third-order valence-corrected chi connectivity index (χ3v) is 2.42. The lowest BCUT2D eigenvalue weighted by molar-refractivity contribution is -0.138. The van der Waals surface area contributed by atoms with E-state index in [1.54, 1.807) is 13.8 Å². The Hall–Kier alpha value is -1.98. The predicted octanol–water partition coefficient (Wildman–Crippen LogP) is 1.88. The monoisotopic (exact) mass is 271 g/mol. The summed E-state index contributed by atoms with van der Waals surface area (Å²) in [7, 11) is 0. The van der Waals surface area contributed by atoms with Crippen LogP contribution in [0.5, 0.6) is 0 Å². The minimum absolute atomic E-state index is 0.139. The number of hydrogen-bond donors (Lipinski definition) is 2. The quantitative estimate of drug-likeness (QED) is 0.859. The second-order valence-electron chi connectivity index (χ2n) is 4.93. The molecule has 0 heterocycles. The number of aliphatic carboxylic acids is 1. The molecule has 2 N–H and O–H groups in total. The molecule has 0 spiro atoms. The van der Waals surface area contributed by atoms with Gasteiger partial charge in [0.1, 0.15) is 0 Å². The highest BCUT2D eigenvalue weighted by atomic mass is 19.2. The number of carbonyl (C=O) groups is 2. The third kappa shape index (κ3) is 5.03. The van der Waals surface area contributed by atoms with Crippen LogP contribution in [0.2, 0.25) is 0 Å². The van der Waals surface area contributed by atoms with E-state index in [1.807, 2.05) is 0 Å². The molecule has 0 saturated carbocycles. The van der Waals surface area contributed by atoms with E-state index in [0.717, 1.165) is 12.1 Å². The summed E-state index contributed by atoms with van der Waals surface area (Å²) in [5.74, 6) is -3.47. The van der Waals surface area contributed by atoms with E-state index < -0.39 is 29.0 Å². The molecular formula is C13H15F2NO3. The Morgan fingerprint density at radius 1 is 1.26 bits per heavy atom. The van der Waals surface area contributed by atoms with Gasteiger partial charge in [0.05, 0.1) is 12.8 Å². The van der Waals surface area contributed by atoms with Gasteiger partial charge in [-0.2, -0.15) is 0 Å². The minimum Gasteiger partial charge on any atom is -0.481 e. The van der Waals surface area contributed by atoms with E-state index in [2.05, 4.69) is 5.32 Å². The van der Waals surface area contributed by atoms with Crippen molar-refractivity contribution in [2.45, 2.75) is 32.2 Å². The van der Waals surface area contributed by atoms with E-state index in [4.69, 9.17) is 5.11 Å². The Balaban J connectivity index is 2.64. The highest BCUT2D eigenvalue weighted by molar-refractivity contribution is 5.80. The Bertz CT molecular complexity index is 501. The number of nitrogens with one attached hydrogen (secondary N) is 1. The van der Waals surface area contributed by atoms with Gasteiger partial charge in [0.15, 0.2) is 11.6 Å². The Morgan fingerprint density at radius 3 is 2.42 bits per heavy atom. The molecule has 6 heteroatoms. The summed E-state index contributed by atoms with van der Waals surface area (Å²) in [4.78, 5) is 22.3. The van der Waals surface area contributed by atoms with Gasteiger partial charge in [0.25, 0.3) is 0 Å². The molecule has 1 rings (SSSR count). The van der Waals surface area contributed by atoms with Gasteiger partial charge in [-0.3, -0.25) is 9.59 Å². The van der Waals surface area contributed by atoms with Crippen molar-refractivity contribution in [3.05, 3.63) is 35.4 Å². The SMILES string of the molecule is CC(C)(CC(=O)O)NC(=O)Cc1ccc(F)c(F)c1. The van der Waals surface area contributed by atoms with Crippen LogP contribution < -0.4 is 5.32 Å². The summed E-state index contributed by atoms with van der Waals surface area (Å²) in [6.45, 7) is 3.15. The highest BCUT2D eigenvalue weighted by Gasteiger charge is 2.23. The van der Waals surface area contributed by atoms with E-state index in [0.29, 0.717) is 5.56 Å². The van der Waals surface area contributed by atoms with Crippen LogP contribution >= 0.6 is 0 Å². The molecule has 0 fully saturated rings. The molecule has 0 unspecified atom stereocenters. The van der Waals surface area contributed by atoms with Crippen molar-refractivity contribution in [3.8, 4) is 0 Å². The van der Waals surface area contributed by atoms with E-state index in [9.17, 15) is 18.4 Å². The lowest BCUT2D eigenvalue weighted by Gasteiger charge is -2.24. The summed E-state index contributed by atoms with van der Waals surface area (Å²) >= 11 is 0. The molecule has 19 heavy (non-hydrogen) atoms. The highest BCUT2D eigenvalue weighted by Crippen LogP contribution is 2.11. The average Bonchev–Trinajstić information content (AvgIpc) is 2.20. The summed E-state index contributed by atoms with van der Waals surface area (Å²) < 4.78 is 25.7. The third-order valence-electron chi connectivity index (χ3n) is 2.42. The largest absolute Gasteiger partial charge is 0.481 e. The first-order chi connectivity index (χ1) is 8.69. The molecule has 104 valence electrons. The van der Waals surface area contributed by atoms with Crippen molar-refractivity contribution in [2.75, 3.05) is 0 Å². The van der Waals surface area contributed by atoms with Crippen molar-refractivity contribution < 1.29 is 23.5 Å². The maximum Gasteiger partial charge on any atom is 0.305 e. The standard InChI is InChI=1S/C13H15F2NO3/c1-13(2,7-12(18)19)16-11(17)6-8-3-4-9(14)10(15)5-8/h3-5H,6-7H2,1-2H3,(H,16,17)(H,18,19). The normalized spacial score (nSPS) is 11.2. The molecule has 0 saturated heterocycles. The van der Waals surface area contributed by atoms with Gasteiger partial charge in [0.2, 0.25) is 5.91 Å². The molecule has 0 aliphatic carbocycles. The number of carboxylic acids is 1. The van der Waals surface area contributed by atoms with E-state index in [1.165, 1.54) is 6.07 Å². The van der Waals surface area contributed by atoms with Crippen LogP contribution in [0, 0.1) is 11.6 Å². The second-order valence-corrected chi connectivity index (χ2v) is 4.93. The van der Waals surface area contributed by atoms with Crippen molar-refractivity contribution >= 4 is 11.9 Å². The zero-order chi connectivity index (χ0) is 14.6. The summed E-state index contributed by atoms with van der Waals surface area (Å²) in [5.41, 5.74) is -0.580. The molecular weight excluding hydrogens is 256 g/mol. The molecule has 0 radical (unpaired) electrons. The lowest BCUT2D eigenvalue weighted by Crippen LogP contribution is -2.45. The van der Waals surface area contributed by atoms with Crippen LogP contribution in [0.25, 0.3) is 0 Å². The molecule has 0 aromatic heterocycles. The summed E-state index contributed by atoms with van der Waals surface area (Å²) in [5, 5.41) is 11.2. The lowest BCUT2D eigenvalue weighted by atomic mass is 10.00. The topological polar surface area (TPSA) is 66.4 Å². The van der Waals surface area contributed by atoms with Gasteiger partial charge < -0.3 is 10.4 Å². The molecule has 0 atom stereocenters. The molecule has 0 aliphatic heterocycles. The fourth-order valence-corrected chi connectivity index (χ4v) is 1.68. The van der Waals surface area contributed by atoms with Crippen LogP contribution in [-0.4, -0.2) is 22.5 Å². The van der Waals surface area contributed by atoms with Crippen molar-refractivity contribution in [1.29, 1.82) is 0 Å². The number of hydrogen-bond acceptors (Lipinski definition) is 2. The van der Waals surface area contributed by atoms with Crippen molar-refractivity contribution in [1.82, 2.24) is 5.32 Å². The van der Waals surface area contributed by atoms with Crippen LogP contribution in [-0.2, 0) is 16.0 Å². The Morgan fingerprint density at radius 2 is 1.89 bits per heavy atom. The first-order valence-electron chi connectivity index (χ1n) is 5.66. The number of benzene rings is 1. The first-order valence-corrected chi connectivity index (χ1v) is 5.66. The fourth-order valence-electron chi connectivity index (χ4n) is 1.68. The first kappa shape index (κ1) is 15.1. The van der Waals surface area contributed by atoms with Crippen LogP contribution in [0.1, 0.15) is 25.8 Å². The van der Waals surface area contributed by atoms with Gasteiger partial charge in [-0.1, -0.05) is 6.07 Å². The fraction of sp³-hybridized carbons (Fsp3) is 0.385. The number of halogens is 2. The van der Waals surface area contributed by atoms with Gasteiger partial charge in [-0.05, 0) is 31.5 Å². The maximum atomic E-state index is 13.0. The Labute approximate surface area is 109 Å². The molecule has 0 aliphatic rings. The van der Waals surface area contributed by atoms with Crippen LogP contribution in [0.4, 0.5) is 8.78 Å². The maximum absolute atomic E-state index is 13.0. The number of carbonyl (C=O) groups excluding carboxylic acids is 1. The number of rotatable bonds is 5.